The third kappa shape index (κ3) is 3.10. The van der Waals surface area contributed by atoms with E-state index in [4.69, 9.17) is 0 Å². The number of hydrogen-bond acceptors (Lipinski definition) is 3. The number of amides is 1. The van der Waals surface area contributed by atoms with Gasteiger partial charge in [-0.2, -0.15) is 0 Å². The number of nitrogens with zero attached hydrogens (tertiary/aromatic N) is 1. The normalized spacial score (nSPS) is 20.7. The number of carbonyl (C=O) groups excluding carboxylic acids is 1. The molecule has 1 aliphatic heterocycles. The summed E-state index contributed by atoms with van der Waals surface area (Å²) in [4.78, 5) is 16.2. The Kier molecular flexibility index (Phi) is 4.14. The minimum absolute atomic E-state index is 0.137. The van der Waals surface area contributed by atoms with Gasteiger partial charge < -0.3 is 5.32 Å². The highest BCUT2D eigenvalue weighted by atomic mass is 32.1. The van der Waals surface area contributed by atoms with Crippen LogP contribution in [-0.4, -0.2) is 23.9 Å². The van der Waals surface area contributed by atoms with E-state index >= 15 is 0 Å². The van der Waals surface area contributed by atoms with Crippen molar-refractivity contribution in [2.45, 2.75) is 32.2 Å². The van der Waals surface area contributed by atoms with Gasteiger partial charge in [-0.15, -0.1) is 11.3 Å². The summed E-state index contributed by atoms with van der Waals surface area (Å²) in [6.07, 6.45) is 3.48. The number of halogens is 1. The molecule has 2 aliphatic rings. The van der Waals surface area contributed by atoms with Gasteiger partial charge in [0.25, 0.3) is 0 Å². The monoisotopic (exact) mass is 344 g/mol. The van der Waals surface area contributed by atoms with Crippen LogP contribution in [0.25, 0.3) is 0 Å². The molecule has 1 aliphatic carbocycles. The largest absolute Gasteiger partial charge is 0.322 e. The highest BCUT2D eigenvalue weighted by Crippen LogP contribution is 2.48. The van der Waals surface area contributed by atoms with Crippen molar-refractivity contribution in [3.05, 3.63) is 51.5 Å². The highest BCUT2D eigenvalue weighted by Gasteiger charge is 2.40. The maximum Gasteiger partial charge on any atom is 0.238 e. The molecule has 0 unspecified atom stereocenters. The van der Waals surface area contributed by atoms with Gasteiger partial charge in [-0.05, 0) is 66.8 Å². The summed E-state index contributed by atoms with van der Waals surface area (Å²) in [5.74, 6) is 0.158. The van der Waals surface area contributed by atoms with Gasteiger partial charge in [0.2, 0.25) is 5.91 Å². The van der Waals surface area contributed by atoms with Gasteiger partial charge in [-0.3, -0.25) is 9.69 Å². The Morgan fingerprint density at radius 1 is 1.38 bits per heavy atom. The molecule has 1 fully saturated rings. The Balaban J connectivity index is 1.47. The molecule has 0 spiro atoms. The smallest absolute Gasteiger partial charge is 0.238 e. The molecule has 126 valence electrons. The van der Waals surface area contributed by atoms with Crippen LogP contribution >= 0.6 is 11.3 Å². The van der Waals surface area contributed by atoms with E-state index in [2.05, 4.69) is 21.7 Å². The van der Waals surface area contributed by atoms with Crippen molar-refractivity contribution in [3.63, 3.8) is 0 Å². The lowest BCUT2D eigenvalue weighted by atomic mass is 9.96. The molecule has 1 saturated carbocycles. The predicted octanol–water partition coefficient (Wildman–Crippen LogP) is 4.14. The molecule has 0 saturated heterocycles. The molecule has 3 nitrogen and oxygen atoms in total. The standard InChI is InChI=1S/C19H21FN2OS/c1-12-2-5-16(15(20)10-12)21-18(23)11-22-8-6-17-14(7-9-24-17)19(22)13-3-4-13/h2,5,7,9-10,13,19H,3-4,6,8,11H2,1H3,(H,21,23)/t19-/m1/s1. The summed E-state index contributed by atoms with van der Waals surface area (Å²) in [5, 5.41) is 4.89. The van der Waals surface area contributed by atoms with Crippen molar-refractivity contribution in [2.75, 3.05) is 18.4 Å². The first kappa shape index (κ1) is 15.8. The number of hydrogen-bond donors (Lipinski definition) is 1. The average Bonchev–Trinajstić information content (AvgIpc) is 3.26. The lowest BCUT2D eigenvalue weighted by molar-refractivity contribution is -0.118. The van der Waals surface area contributed by atoms with Gasteiger partial charge in [0, 0.05) is 17.5 Å². The first-order chi connectivity index (χ1) is 11.6. The molecule has 4 rings (SSSR count). The second-order valence-electron chi connectivity index (χ2n) is 6.83. The van der Waals surface area contributed by atoms with Crippen LogP contribution in [0.4, 0.5) is 10.1 Å². The van der Waals surface area contributed by atoms with Crippen LogP contribution < -0.4 is 5.32 Å². The first-order valence-electron chi connectivity index (χ1n) is 8.48. The van der Waals surface area contributed by atoms with Crippen LogP contribution in [0.3, 0.4) is 0 Å². The Bertz CT molecular complexity index is 768. The van der Waals surface area contributed by atoms with Crippen LogP contribution in [0.5, 0.6) is 0 Å². The number of nitrogens with one attached hydrogen (secondary N) is 1. The van der Waals surface area contributed by atoms with Crippen molar-refractivity contribution < 1.29 is 9.18 Å². The second kappa shape index (κ2) is 6.30. The van der Waals surface area contributed by atoms with E-state index in [1.165, 1.54) is 29.3 Å². The summed E-state index contributed by atoms with van der Waals surface area (Å²) in [7, 11) is 0. The SMILES string of the molecule is Cc1ccc(NC(=O)CN2CCc3sccc3[C@H]2C2CC2)c(F)c1. The van der Waals surface area contributed by atoms with Crippen LogP contribution in [0, 0.1) is 18.7 Å². The number of rotatable bonds is 4. The fourth-order valence-corrected chi connectivity index (χ4v) is 4.55. The summed E-state index contributed by atoms with van der Waals surface area (Å²) in [5.41, 5.74) is 2.52. The lowest BCUT2D eigenvalue weighted by Gasteiger charge is -2.35. The molecule has 1 aromatic heterocycles. The van der Waals surface area contributed by atoms with Crippen molar-refractivity contribution in [3.8, 4) is 0 Å². The number of benzene rings is 1. The van der Waals surface area contributed by atoms with E-state index < -0.39 is 0 Å². The molecule has 5 heteroatoms. The van der Waals surface area contributed by atoms with Gasteiger partial charge >= 0.3 is 0 Å². The van der Waals surface area contributed by atoms with Gasteiger partial charge in [-0.1, -0.05) is 6.07 Å². The Morgan fingerprint density at radius 2 is 2.21 bits per heavy atom. The zero-order chi connectivity index (χ0) is 16.7. The summed E-state index contributed by atoms with van der Waals surface area (Å²) in [6.45, 7) is 3.06. The molecule has 2 heterocycles. The molecule has 2 aromatic rings. The average molecular weight is 344 g/mol. The van der Waals surface area contributed by atoms with E-state index in [1.807, 2.05) is 24.3 Å². The van der Waals surface area contributed by atoms with Crippen molar-refractivity contribution >= 4 is 22.9 Å². The van der Waals surface area contributed by atoms with E-state index in [9.17, 15) is 9.18 Å². The van der Waals surface area contributed by atoms with Crippen LogP contribution in [-0.2, 0) is 11.2 Å². The number of fused-ring (bicyclic) bond motifs is 1. The number of aryl methyl sites for hydroxylation is 1. The van der Waals surface area contributed by atoms with Crippen LogP contribution in [0.15, 0.2) is 29.6 Å². The molecule has 24 heavy (non-hydrogen) atoms. The van der Waals surface area contributed by atoms with Gasteiger partial charge in [0.1, 0.15) is 5.82 Å². The van der Waals surface area contributed by atoms with Crippen molar-refractivity contribution in [1.29, 1.82) is 0 Å². The Labute approximate surface area is 145 Å². The van der Waals surface area contributed by atoms with E-state index in [0.717, 1.165) is 18.5 Å². The van der Waals surface area contributed by atoms with Gasteiger partial charge in [0.15, 0.2) is 0 Å². The first-order valence-corrected chi connectivity index (χ1v) is 9.36. The number of carbonyl (C=O) groups is 1. The summed E-state index contributed by atoms with van der Waals surface area (Å²) < 4.78 is 13.9. The third-order valence-corrected chi connectivity index (χ3v) is 5.93. The van der Waals surface area contributed by atoms with E-state index in [1.54, 1.807) is 6.07 Å². The van der Waals surface area contributed by atoms with E-state index in [0.29, 0.717) is 18.5 Å². The summed E-state index contributed by atoms with van der Waals surface area (Å²) >= 11 is 1.82. The van der Waals surface area contributed by atoms with Gasteiger partial charge in [-0.25, -0.2) is 4.39 Å². The fourth-order valence-electron chi connectivity index (χ4n) is 3.64. The van der Waals surface area contributed by atoms with Crippen LogP contribution in [0.1, 0.15) is 34.9 Å². The molecular formula is C19H21FN2OS. The molecule has 1 aromatic carbocycles. The van der Waals surface area contributed by atoms with Crippen molar-refractivity contribution in [2.24, 2.45) is 5.92 Å². The molecular weight excluding hydrogens is 323 g/mol. The highest BCUT2D eigenvalue weighted by molar-refractivity contribution is 7.10. The topological polar surface area (TPSA) is 32.3 Å². The van der Waals surface area contributed by atoms with E-state index in [-0.39, 0.29) is 17.4 Å². The molecule has 0 bridgehead atoms. The minimum atomic E-state index is -0.374. The minimum Gasteiger partial charge on any atom is -0.322 e. The second-order valence-corrected chi connectivity index (χ2v) is 7.83. The quantitative estimate of drug-likeness (QED) is 0.904. The van der Waals surface area contributed by atoms with Crippen LogP contribution in [0.2, 0.25) is 0 Å². The third-order valence-electron chi connectivity index (χ3n) is 4.93. The molecule has 1 amide bonds. The molecule has 1 atom stereocenters. The Morgan fingerprint density at radius 3 is 2.96 bits per heavy atom. The van der Waals surface area contributed by atoms with Crippen molar-refractivity contribution in [1.82, 2.24) is 4.90 Å². The fraction of sp³-hybridized carbons (Fsp3) is 0.421. The number of thiophene rings is 1. The maximum atomic E-state index is 13.9. The number of anilines is 1. The van der Waals surface area contributed by atoms with Gasteiger partial charge in [0.05, 0.1) is 12.2 Å². The lowest BCUT2D eigenvalue weighted by Crippen LogP contribution is -2.41. The summed E-state index contributed by atoms with van der Waals surface area (Å²) in [6, 6.07) is 7.46. The predicted molar refractivity (Wildman–Crippen MR) is 94.8 cm³/mol. The maximum absolute atomic E-state index is 13.9. The zero-order valence-corrected chi connectivity index (χ0v) is 14.5. The zero-order valence-electron chi connectivity index (χ0n) is 13.7. The Hall–Kier alpha value is -1.72. The molecule has 1 N–H and O–H groups in total. The molecule has 0 radical (unpaired) electrons.